The van der Waals surface area contributed by atoms with Crippen molar-refractivity contribution in [1.29, 1.82) is 0 Å². The average Bonchev–Trinajstić information content (AvgIpc) is 2.86. The Morgan fingerprint density at radius 1 is 0.943 bits per heavy atom. The van der Waals surface area contributed by atoms with Crippen LogP contribution in [0.1, 0.15) is 11.1 Å². The summed E-state index contributed by atoms with van der Waals surface area (Å²) in [6.07, 6.45) is 0.148. The number of carbonyl (C=O) groups is 2. The van der Waals surface area contributed by atoms with E-state index in [1.54, 1.807) is 36.4 Å². The van der Waals surface area contributed by atoms with E-state index >= 15 is 0 Å². The topological polar surface area (TPSA) is 96.0 Å². The van der Waals surface area contributed by atoms with Crippen LogP contribution < -0.4 is 15.0 Å². The van der Waals surface area contributed by atoms with Gasteiger partial charge >= 0.3 is 0 Å². The predicted molar refractivity (Wildman–Crippen MR) is 133 cm³/mol. The van der Waals surface area contributed by atoms with E-state index in [0.717, 1.165) is 21.7 Å². The summed E-state index contributed by atoms with van der Waals surface area (Å²) in [5.41, 5.74) is 2.21. The van der Waals surface area contributed by atoms with E-state index in [1.807, 2.05) is 48.5 Å². The molecule has 9 heteroatoms. The maximum Gasteiger partial charge on any atom is 0.263 e. The molecular weight excluding hydrogens is 466 g/mol. The maximum absolute atomic E-state index is 13.4. The summed E-state index contributed by atoms with van der Waals surface area (Å²) in [4.78, 5) is 27.7. The molecule has 0 saturated carbocycles. The molecule has 3 aromatic carbocycles. The van der Waals surface area contributed by atoms with Crippen LogP contribution in [0.2, 0.25) is 0 Å². The fourth-order valence-corrected chi connectivity index (χ4v) is 4.55. The number of hydrogen-bond donors (Lipinski definition) is 1. The highest BCUT2D eigenvalue weighted by Gasteiger charge is 2.35. The second-order valence-corrected chi connectivity index (χ2v) is 10.3. The summed E-state index contributed by atoms with van der Waals surface area (Å²) in [7, 11) is -3.67. The number of ether oxygens (including phenoxy) is 1. The third kappa shape index (κ3) is 6.26. The highest BCUT2D eigenvalue weighted by molar-refractivity contribution is 7.88. The number of para-hydroxylation sites is 2. The molecule has 0 unspecified atom stereocenters. The van der Waals surface area contributed by atoms with Gasteiger partial charge < -0.3 is 15.0 Å². The Morgan fingerprint density at radius 3 is 2.20 bits per heavy atom. The van der Waals surface area contributed by atoms with Gasteiger partial charge in [0.05, 0.1) is 25.0 Å². The maximum atomic E-state index is 13.4. The number of nitrogens with one attached hydrogen (secondary N) is 1. The van der Waals surface area contributed by atoms with Gasteiger partial charge in [0, 0.05) is 13.1 Å². The largest absolute Gasteiger partial charge is 0.477 e. The molecule has 4 rings (SSSR count). The van der Waals surface area contributed by atoms with Crippen LogP contribution in [-0.4, -0.2) is 50.0 Å². The van der Waals surface area contributed by atoms with Gasteiger partial charge in [-0.2, -0.15) is 4.31 Å². The highest BCUT2D eigenvalue weighted by Crippen LogP contribution is 2.33. The Kier molecular flexibility index (Phi) is 7.48. The number of amides is 2. The third-order valence-corrected chi connectivity index (χ3v) is 6.86. The minimum Gasteiger partial charge on any atom is -0.477 e. The zero-order valence-corrected chi connectivity index (χ0v) is 20.1. The van der Waals surface area contributed by atoms with E-state index in [4.69, 9.17) is 4.74 Å². The molecule has 0 bridgehead atoms. The second kappa shape index (κ2) is 10.7. The van der Waals surface area contributed by atoms with Crippen molar-refractivity contribution in [2.75, 3.05) is 24.2 Å². The van der Waals surface area contributed by atoms with E-state index in [0.29, 0.717) is 18.0 Å². The Morgan fingerprint density at radius 2 is 1.54 bits per heavy atom. The number of nitrogens with zero attached hydrogens (tertiary/aromatic N) is 2. The lowest BCUT2D eigenvalue weighted by Gasteiger charge is -2.35. The highest BCUT2D eigenvalue weighted by atomic mass is 32.2. The standard InChI is InChI=1S/C26H27N3O5S/c1-35(32,33)28(17-21-12-6-3-7-13-21)19-25(30)29-18-24(34-23-15-9-8-14-22(23)29)26(31)27-16-20-10-4-2-5-11-20/h2-15,24H,16-19H2,1H3,(H,27,31)/t24-/m0/s1. The van der Waals surface area contributed by atoms with Crippen molar-refractivity contribution >= 4 is 27.5 Å². The predicted octanol–water partition coefficient (Wildman–Crippen LogP) is 2.56. The number of rotatable bonds is 8. The Hall–Kier alpha value is -3.69. The quantitative estimate of drug-likeness (QED) is 0.520. The molecule has 35 heavy (non-hydrogen) atoms. The number of hydrogen-bond acceptors (Lipinski definition) is 5. The summed E-state index contributed by atoms with van der Waals surface area (Å²) >= 11 is 0. The number of anilines is 1. The van der Waals surface area contributed by atoms with Crippen molar-refractivity contribution in [2.45, 2.75) is 19.2 Å². The summed E-state index contributed by atoms with van der Waals surface area (Å²) in [5.74, 6) is -0.408. The smallest absolute Gasteiger partial charge is 0.263 e. The van der Waals surface area contributed by atoms with E-state index in [1.165, 1.54) is 4.90 Å². The second-order valence-electron chi connectivity index (χ2n) is 8.30. The van der Waals surface area contributed by atoms with E-state index < -0.39 is 22.0 Å². The molecule has 3 aromatic rings. The van der Waals surface area contributed by atoms with Crippen molar-refractivity contribution in [1.82, 2.24) is 9.62 Å². The van der Waals surface area contributed by atoms with Crippen LogP contribution in [0.3, 0.4) is 0 Å². The third-order valence-electron chi connectivity index (χ3n) is 5.66. The zero-order valence-electron chi connectivity index (χ0n) is 19.3. The van der Waals surface area contributed by atoms with Crippen LogP contribution in [-0.2, 0) is 32.7 Å². The first kappa shape index (κ1) is 24.4. The lowest BCUT2D eigenvalue weighted by Crippen LogP contribution is -2.52. The van der Waals surface area contributed by atoms with E-state index in [2.05, 4.69) is 5.32 Å². The minimum absolute atomic E-state index is 0.0284. The average molecular weight is 494 g/mol. The summed E-state index contributed by atoms with van der Waals surface area (Å²) in [6.45, 7) is 0.00622. The van der Waals surface area contributed by atoms with Crippen LogP contribution in [0.15, 0.2) is 84.9 Å². The fourth-order valence-electron chi connectivity index (χ4n) is 3.82. The molecule has 8 nitrogen and oxygen atoms in total. The normalized spacial score (nSPS) is 15.3. The van der Waals surface area contributed by atoms with Crippen molar-refractivity contribution in [2.24, 2.45) is 0 Å². The van der Waals surface area contributed by atoms with Gasteiger partial charge in [0.1, 0.15) is 5.75 Å². The van der Waals surface area contributed by atoms with Gasteiger partial charge in [-0.3, -0.25) is 9.59 Å². The zero-order chi connectivity index (χ0) is 24.8. The molecule has 1 aliphatic heterocycles. The van der Waals surface area contributed by atoms with Gasteiger partial charge in [-0.15, -0.1) is 0 Å². The summed E-state index contributed by atoms with van der Waals surface area (Å²) in [6, 6.07) is 25.5. The molecule has 0 aromatic heterocycles. The molecule has 182 valence electrons. The van der Waals surface area contributed by atoms with Crippen LogP contribution in [0, 0.1) is 0 Å². The minimum atomic E-state index is -3.67. The van der Waals surface area contributed by atoms with Gasteiger partial charge in [0.15, 0.2) is 6.10 Å². The summed E-state index contributed by atoms with van der Waals surface area (Å²) in [5, 5.41) is 2.85. The number of sulfonamides is 1. The fraction of sp³-hybridized carbons (Fsp3) is 0.231. The van der Waals surface area contributed by atoms with E-state index in [9.17, 15) is 18.0 Å². The number of benzene rings is 3. The molecule has 1 heterocycles. The molecule has 1 N–H and O–H groups in total. The van der Waals surface area contributed by atoms with Crippen LogP contribution in [0.4, 0.5) is 5.69 Å². The van der Waals surface area contributed by atoms with Gasteiger partial charge in [-0.1, -0.05) is 72.8 Å². The van der Waals surface area contributed by atoms with Crippen LogP contribution in [0.25, 0.3) is 0 Å². The van der Waals surface area contributed by atoms with Crippen LogP contribution >= 0.6 is 0 Å². The van der Waals surface area contributed by atoms with Gasteiger partial charge in [0.25, 0.3) is 5.91 Å². The molecular formula is C26H27N3O5S. The molecule has 1 aliphatic rings. The SMILES string of the molecule is CS(=O)(=O)N(CC(=O)N1C[C@@H](C(=O)NCc2ccccc2)Oc2ccccc21)Cc1ccccc1. The van der Waals surface area contributed by atoms with Crippen molar-refractivity contribution in [3.63, 3.8) is 0 Å². The van der Waals surface area contributed by atoms with Crippen LogP contribution in [0.5, 0.6) is 5.75 Å². The van der Waals surface area contributed by atoms with Gasteiger partial charge in [0.2, 0.25) is 15.9 Å². The molecule has 0 spiro atoms. The Bertz CT molecular complexity index is 1280. The van der Waals surface area contributed by atoms with Crippen molar-refractivity contribution in [3.8, 4) is 5.75 Å². The number of fused-ring (bicyclic) bond motifs is 1. The molecule has 0 saturated heterocycles. The first-order chi connectivity index (χ1) is 16.8. The lowest BCUT2D eigenvalue weighted by atomic mass is 10.1. The molecule has 0 aliphatic carbocycles. The summed E-state index contributed by atoms with van der Waals surface area (Å²) < 4.78 is 31.9. The first-order valence-corrected chi connectivity index (χ1v) is 13.0. The van der Waals surface area contributed by atoms with Gasteiger partial charge in [-0.25, -0.2) is 8.42 Å². The number of carbonyl (C=O) groups excluding carboxylic acids is 2. The molecule has 1 atom stereocenters. The van der Waals surface area contributed by atoms with Crippen molar-refractivity contribution in [3.05, 3.63) is 96.1 Å². The lowest BCUT2D eigenvalue weighted by molar-refractivity contribution is -0.128. The van der Waals surface area contributed by atoms with Gasteiger partial charge in [-0.05, 0) is 23.3 Å². The molecule has 0 fully saturated rings. The Balaban J connectivity index is 1.51. The first-order valence-electron chi connectivity index (χ1n) is 11.2. The van der Waals surface area contributed by atoms with Crippen molar-refractivity contribution < 1.29 is 22.7 Å². The molecule has 2 amide bonds. The Labute approximate surface area is 205 Å². The van der Waals surface area contributed by atoms with E-state index in [-0.39, 0.29) is 25.5 Å². The monoisotopic (exact) mass is 493 g/mol. The molecule has 0 radical (unpaired) electrons.